The van der Waals surface area contributed by atoms with Crippen molar-refractivity contribution in [1.82, 2.24) is 9.21 Å². The van der Waals surface area contributed by atoms with Gasteiger partial charge in [0.1, 0.15) is 0 Å². The first-order valence-electron chi connectivity index (χ1n) is 7.40. The Hall–Kier alpha value is -0.280. The van der Waals surface area contributed by atoms with E-state index in [0.29, 0.717) is 31.2 Å². The predicted molar refractivity (Wildman–Crippen MR) is 88.9 cm³/mol. The van der Waals surface area contributed by atoms with Crippen LogP contribution < -0.4 is 5.73 Å². The van der Waals surface area contributed by atoms with Gasteiger partial charge in [0.25, 0.3) is 0 Å². The molecule has 0 spiro atoms. The van der Waals surface area contributed by atoms with E-state index in [9.17, 15) is 8.42 Å². The van der Waals surface area contributed by atoms with Gasteiger partial charge in [-0.25, -0.2) is 8.42 Å². The topological polar surface area (TPSA) is 75.9 Å². The normalized spacial score (nSPS) is 19.8. The first kappa shape index (κ1) is 18.8. The van der Waals surface area contributed by atoms with E-state index in [0.717, 1.165) is 6.42 Å². The van der Waals surface area contributed by atoms with Crippen LogP contribution in [0.1, 0.15) is 27.2 Å². The smallest absolute Gasteiger partial charge is 0.216 e. The van der Waals surface area contributed by atoms with Crippen LogP contribution in [0.25, 0.3) is 0 Å². The molecule has 124 valence electrons. The third-order valence-corrected chi connectivity index (χ3v) is 5.72. The second-order valence-corrected chi connectivity index (χ2v) is 8.06. The summed E-state index contributed by atoms with van der Waals surface area (Å²) in [4.78, 5) is 2.65. The number of ether oxygens (including phenoxy) is 1. The van der Waals surface area contributed by atoms with Gasteiger partial charge in [0.15, 0.2) is 0 Å². The van der Waals surface area contributed by atoms with Crippen LogP contribution >= 0.6 is 12.2 Å². The maximum atomic E-state index is 12.2. The fraction of sp³-hybridized carbons (Fsp3) is 0.923. The maximum Gasteiger partial charge on any atom is 0.216 e. The molecule has 0 bridgehead atoms. The first-order chi connectivity index (χ1) is 9.77. The molecule has 0 saturated carbocycles. The number of hydrogen-bond acceptors (Lipinski definition) is 5. The molecule has 0 amide bonds. The molecule has 8 heteroatoms. The number of nitrogens with zero attached hydrogens (tertiary/aromatic N) is 2. The molecule has 21 heavy (non-hydrogen) atoms. The first-order valence-corrected chi connectivity index (χ1v) is 9.42. The van der Waals surface area contributed by atoms with Crippen LogP contribution in [0, 0.1) is 0 Å². The predicted octanol–water partition coefficient (Wildman–Crippen LogP) is 0.424. The number of sulfonamides is 1. The zero-order valence-corrected chi connectivity index (χ0v) is 14.8. The van der Waals surface area contributed by atoms with Crippen LogP contribution in [-0.2, 0) is 14.8 Å². The zero-order valence-electron chi connectivity index (χ0n) is 13.1. The summed E-state index contributed by atoms with van der Waals surface area (Å²) in [5, 5.41) is 0. The summed E-state index contributed by atoms with van der Waals surface area (Å²) < 4.78 is 31.3. The van der Waals surface area contributed by atoms with E-state index in [1.807, 2.05) is 20.8 Å². The van der Waals surface area contributed by atoms with Crippen LogP contribution in [0.15, 0.2) is 0 Å². The molecule has 1 rings (SSSR count). The Morgan fingerprint density at radius 2 is 1.86 bits per heavy atom. The maximum absolute atomic E-state index is 12.2. The monoisotopic (exact) mass is 337 g/mol. The van der Waals surface area contributed by atoms with Crippen molar-refractivity contribution in [1.29, 1.82) is 0 Å². The summed E-state index contributed by atoms with van der Waals surface area (Å²) in [7, 11) is -3.24. The lowest BCUT2D eigenvalue weighted by Crippen LogP contribution is -2.55. The number of nitrogens with two attached hydrogens (primary N) is 1. The second-order valence-electron chi connectivity index (χ2n) is 5.50. The van der Waals surface area contributed by atoms with E-state index in [1.54, 1.807) is 4.31 Å². The van der Waals surface area contributed by atoms with Gasteiger partial charge >= 0.3 is 0 Å². The number of rotatable bonds is 8. The lowest BCUT2D eigenvalue weighted by atomic mass is 10.1. The Morgan fingerprint density at radius 3 is 2.29 bits per heavy atom. The number of piperazine rings is 1. The van der Waals surface area contributed by atoms with Gasteiger partial charge in [-0.05, 0) is 20.3 Å². The fourth-order valence-corrected chi connectivity index (χ4v) is 4.05. The number of hydrogen-bond donors (Lipinski definition) is 1. The molecule has 0 aromatic heterocycles. The Bertz CT molecular complexity index is 432. The van der Waals surface area contributed by atoms with E-state index in [4.69, 9.17) is 22.7 Å². The largest absolute Gasteiger partial charge is 0.392 e. The van der Waals surface area contributed by atoms with Gasteiger partial charge in [-0.2, -0.15) is 4.31 Å². The van der Waals surface area contributed by atoms with Gasteiger partial charge in [0, 0.05) is 26.2 Å². The molecule has 2 N–H and O–H groups in total. The Kier molecular flexibility index (Phi) is 7.49. The fourth-order valence-electron chi connectivity index (χ4n) is 2.45. The van der Waals surface area contributed by atoms with Crippen molar-refractivity contribution in [3.05, 3.63) is 0 Å². The van der Waals surface area contributed by atoms with Crippen molar-refractivity contribution in [3.8, 4) is 0 Å². The van der Waals surface area contributed by atoms with E-state index in [-0.39, 0.29) is 24.5 Å². The van der Waals surface area contributed by atoms with E-state index in [1.165, 1.54) is 0 Å². The van der Waals surface area contributed by atoms with Crippen molar-refractivity contribution < 1.29 is 13.2 Å². The molecule has 1 saturated heterocycles. The number of thiocarbonyl (C=S) groups is 1. The van der Waals surface area contributed by atoms with Crippen molar-refractivity contribution >= 4 is 27.2 Å². The van der Waals surface area contributed by atoms with Crippen LogP contribution in [-0.4, -0.2) is 73.3 Å². The summed E-state index contributed by atoms with van der Waals surface area (Å²) in [5.74, 6) is 0.0394. The summed E-state index contributed by atoms with van der Waals surface area (Å²) in [6.07, 6.45) is 0.901. The lowest BCUT2D eigenvalue weighted by molar-refractivity contribution is 0.0901. The van der Waals surface area contributed by atoms with Crippen LogP contribution in [0.2, 0.25) is 0 Å². The van der Waals surface area contributed by atoms with Gasteiger partial charge in [-0.3, -0.25) is 4.90 Å². The van der Waals surface area contributed by atoms with E-state index >= 15 is 0 Å². The quantitative estimate of drug-likeness (QED) is 0.647. The van der Waals surface area contributed by atoms with E-state index < -0.39 is 10.0 Å². The highest BCUT2D eigenvalue weighted by atomic mass is 32.2. The third kappa shape index (κ3) is 5.78. The van der Waals surface area contributed by atoms with Crippen molar-refractivity contribution in [2.24, 2.45) is 5.73 Å². The van der Waals surface area contributed by atoms with Gasteiger partial charge < -0.3 is 10.5 Å². The highest BCUT2D eigenvalue weighted by Crippen LogP contribution is 2.13. The van der Waals surface area contributed by atoms with Crippen LogP contribution in [0.3, 0.4) is 0 Å². The molecule has 1 atom stereocenters. The molecule has 0 aromatic rings. The minimum Gasteiger partial charge on any atom is -0.392 e. The minimum absolute atomic E-state index is 0.0394. The molecule has 1 unspecified atom stereocenters. The Balaban J connectivity index is 2.49. The Labute approximate surface area is 133 Å². The molecule has 6 nitrogen and oxygen atoms in total. The molecule has 0 aliphatic carbocycles. The third-order valence-electron chi connectivity index (χ3n) is 3.61. The molecule has 0 radical (unpaired) electrons. The summed E-state index contributed by atoms with van der Waals surface area (Å²) >= 11 is 5.07. The summed E-state index contributed by atoms with van der Waals surface area (Å²) in [6.45, 7) is 8.38. The van der Waals surface area contributed by atoms with Crippen molar-refractivity contribution in [2.45, 2.75) is 39.3 Å². The van der Waals surface area contributed by atoms with Crippen LogP contribution in [0.5, 0.6) is 0 Å². The molecule has 1 fully saturated rings. The van der Waals surface area contributed by atoms with Gasteiger partial charge in [0.2, 0.25) is 10.0 Å². The van der Waals surface area contributed by atoms with Gasteiger partial charge in [0.05, 0.1) is 29.5 Å². The highest BCUT2D eigenvalue weighted by Gasteiger charge is 2.30. The van der Waals surface area contributed by atoms with E-state index in [2.05, 4.69) is 4.90 Å². The van der Waals surface area contributed by atoms with Crippen molar-refractivity contribution in [2.75, 3.05) is 38.5 Å². The molecule has 1 aliphatic heterocycles. The van der Waals surface area contributed by atoms with Crippen molar-refractivity contribution in [3.63, 3.8) is 0 Å². The van der Waals surface area contributed by atoms with Gasteiger partial charge in [-0.1, -0.05) is 19.1 Å². The highest BCUT2D eigenvalue weighted by molar-refractivity contribution is 7.89. The average Bonchev–Trinajstić information content (AvgIpc) is 2.39. The molecule has 1 aliphatic rings. The Morgan fingerprint density at radius 1 is 1.29 bits per heavy atom. The molecular formula is C13H27N3O3S2. The minimum atomic E-state index is -3.24. The van der Waals surface area contributed by atoms with Crippen LogP contribution in [0.4, 0.5) is 0 Å². The summed E-state index contributed by atoms with van der Waals surface area (Å²) in [6, 6.07) is 0.0640. The molecular weight excluding hydrogens is 310 g/mol. The summed E-state index contributed by atoms with van der Waals surface area (Å²) in [5.41, 5.74) is 5.73. The lowest BCUT2D eigenvalue weighted by Gasteiger charge is -2.38. The molecule has 1 heterocycles. The zero-order chi connectivity index (χ0) is 16.0. The standard InChI is InChI=1S/C13H27N3O3S2/c1-4-12(13(14)20)15-5-7-16(8-6-15)21(17,18)10-9-19-11(2)3/h11-12H,4-10H2,1-3H3,(H2,14,20). The second kappa shape index (κ2) is 8.38. The molecule has 0 aromatic carbocycles. The SMILES string of the molecule is CCC(C(N)=S)N1CCN(S(=O)(=O)CCOC(C)C)CC1. The van der Waals surface area contributed by atoms with Gasteiger partial charge in [-0.15, -0.1) is 0 Å². The average molecular weight is 338 g/mol.